The molecule has 0 amide bonds. The van der Waals surface area contributed by atoms with Gasteiger partial charge in [0.25, 0.3) is 0 Å². The highest BCUT2D eigenvalue weighted by molar-refractivity contribution is 5.98. The predicted molar refractivity (Wildman–Crippen MR) is 142 cm³/mol. The molecule has 4 rings (SSSR count). The van der Waals surface area contributed by atoms with Crippen molar-refractivity contribution in [1.29, 1.82) is 0 Å². The Morgan fingerprint density at radius 1 is 1.03 bits per heavy atom. The third-order valence-electron chi connectivity index (χ3n) is 6.95. The smallest absolute Gasteiger partial charge is 0.480 e. The van der Waals surface area contributed by atoms with Crippen LogP contribution in [0.4, 0.5) is 4.79 Å². The third-order valence-corrected chi connectivity index (χ3v) is 6.95. The number of rotatable bonds is 12. The van der Waals surface area contributed by atoms with Gasteiger partial charge in [0.1, 0.15) is 6.04 Å². The first-order valence-electron chi connectivity index (χ1n) is 12.9. The topological polar surface area (TPSA) is 156 Å². The summed E-state index contributed by atoms with van der Waals surface area (Å²) in [7, 11) is 0. The van der Waals surface area contributed by atoms with Crippen LogP contribution in [0.5, 0.6) is 0 Å². The van der Waals surface area contributed by atoms with E-state index in [1.807, 2.05) is 54.6 Å². The van der Waals surface area contributed by atoms with Gasteiger partial charge in [0, 0.05) is 24.0 Å². The second kappa shape index (κ2) is 12.7. The van der Waals surface area contributed by atoms with E-state index in [-0.39, 0.29) is 18.9 Å². The summed E-state index contributed by atoms with van der Waals surface area (Å²) < 4.78 is 6.59. The van der Waals surface area contributed by atoms with E-state index in [4.69, 9.17) is 15.6 Å². The van der Waals surface area contributed by atoms with Crippen molar-refractivity contribution in [2.75, 3.05) is 6.54 Å². The Kier molecular flexibility index (Phi) is 9.11. The Labute approximate surface area is 220 Å². The van der Waals surface area contributed by atoms with E-state index in [0.29, 0.717) is 44.2 Å². The number of aromatic nitrogens is 1. The van der Waals surface area contributed by atoms with Gasteiger partial charge < -0.3 is 20.7 Å². The maximum atomic E-state index is 14.1. The van der Waals surface area contributed by atoms with Gasteiger partial charge in [-0.25, -0.2) is 4.79 Å². The van der Waals surface area contributed by atoms with E-state index in [1.54, 1.807) is 4.57 Å². The Morgan fingerprint density at radius 2 is 1.76 bits per heavy atom. The molecule has 1 aliphatic rings. The minimum absolute atomic E-state index is 0.236. The fraction of sp³-hybridized carbons (Fsp3) is 0.393. The summed E-state index contributed by atoms with van der Waals surface area (Å²) >= 11 is 0. The molecule has 0 spiro atoms. The summed E-state index contributed by atoms with van der Waals surface area (Å²) in [4.78, 5) is 37.4. The molecule has 1 aromatic heterocycles. The number of aryl methyl sites for hydroxylation is 1. The van der Waals surface area contributed by atoms with Crippen molar-refractivity contribution in [2.45, 2.75) is 63.4 Å². The molecule has 10 nitrogen and oxygen atoms in total. The third kappa shape index (κ3) is 6.39. The number of carboxylic acid groups (broad SMARTS) is 2. The summed E-state index contributed by atoms with van der Waals surface area (Å²) in [6.07, 6.45) is 0.901. The van der Waals surface area contributed by atoms with Gasteiger partial charge in [-0.1, -0.05) is 55.0 Å². The van der Waals surface area contributed by atoms with Gasteiger partial charge in [-0.05, 0) is 49.4 Å². The maximum Gasteiger partial charge on any atom is 0.507 e. The lowest BCUT2D eigenvalue weighted by atomic mass is 10.0. The predicted octanol–water partition coefficient (Wildman–Crippen LogP) is 3.12. The Hall–Kier alpha value is -3.73. The van der Waals surface area contributed by atoms with Gasteiger partial charge in [-0.3, -0.25) is 24.8 Å². The SMILES string of the molecule is NCCCC[C@H](N[C@@H](CCc1ccccc1)C(=O)O)C(=O)n1c2c(c3ccccc31)C[C@H](OC(=O)O)NC2. The summed E-state index contributed by atoms with van der Waals surface area (Å²) in [5, 5.41) is 26.1. The largest absolute Gasteiger partial charge is 0.507 e. The average molecular weight is 523 g/mol. The molecule has 3 aromatic rings. The van der Waals surface area contributed by atoms with Crippen LogP contribution < -0.4 is 16.4 Å². The van der Waals surface area contributed by atoms with Gasteiger partial charge in [-0.2, -0.15) is 0 Å². The number of nitrogens with one attached hydrogen (secondary N) is 2. The molecule has 6 N–H and O–H groups in total. The minimum atomic E-state index is -1.37. The van der Waals surface area contributed by atoms with Crippen LogP contribution in [0.25, 0.3) is 10.9 Å². The van der Waals surface area contributed by atoms with Crippen molar-refractivity contribution in [3.63, 3.8) is 0 Å². The monoisotopic (exact) mass is 522 g/mol. The number of ether oxygens (including phenoxy) is 1. The molecule has 0 unspecified atom stereocenters. The fourth-order valence-corrected chi connectivity index (χ4v) is 5.10. The van der Waals surface area contributed by atoms with E-state index in [9.17, 15) is 19.5 Å². The van der Waals surface area contributed by atoms with Crippen LogP contribution in [0, 0.1) is 0 Å². The molecule has 0 radical (unpaired) electrons. The van der Waals surface area contributed by atoms with Gasteiger partial charge in [0.05, 0.1) is 11.6 Å². The number of aliphatic carboxylic acids is 1. The molecule has 0 aliphatic carbocycles. The van der Waals surface area contributed by atoms with Crippen molar-refractivity contribution in [1.82, 2.24) is 15.2 Å². The molecule has 2 heterocycles. The Morgan fingerprint density at radius 3 is 2.47 bits per heavy atom. The second-order valence-corrected chi connectivity index (χ2v) is 9.49. The lowest BCUT2D eigenvalue weighted by Crippen LogP contribution is -2.49. The number of carboxylic acids is 1. The van der Waals surface area contributed by atoms with Crippen LogP contribution >= 0.6 is 0 Å². The molecule has 0 bridgehead atoms. The normalized spacial score (nSPS) is 16.5. The number of carbonyl (C=O) groups excluding carboxylic acids is 1. The molecule has 1 aliphatic heterocycles. The van der Waals surface area contributed by atoms with Gasteiger partial charge in [0.15, 0.2) is 6.23 Å². The van der Waals surface area contributed by atoms with Crippen molar-refractivity contribution < 1.29 is 29.3 Å². The average Bonchev–Trinajstić information content (AvgIpc) is 3.23. The van der Waals surface area contributed by atoms with E-state index >= 15 is 0 Å². The highest BCUT2D eigenvalue weighted by atomic mass is 16.7. The molecule has 202 valence electrons. The standard InChI is InChI=1S/C28H34N4O6/c29-15-7-6-11-21(31-22(27(34)35)14-13-18-8-2-1-3-9-18)26(33)32-23-12-5-4-10-19(23)20-16-25(38-28(36)37)30-17-24(20)32/h1-5,8-10,12,21-22,25,30-31H,6-7,11,13-17,29H2,(H,34,35)(H,36,37)/t21-,22-,25-/m0/s1. The number of para-hydroxylation sites is 1. The lowest BCUT2D eigenvalue weighted by molar-refractivity contribution is -0.139. The van der Waals surface area contributed by atoms with Crippen molar-refractivity contribution in [2.24, 2.45) is 5.73 Å². The molecule has 2 aromatic carbocycles. The van der Waals surface area contributed by atoms with Gasteiger partial charge >= 0.3 is 12.1 Å². The number of nitrogens with zero attached hydrogens (tertiary/aromatic N) is 1. The van der Waals surface area contributed by atoms with E-state index in [2.05, 4.69) is 10.6 Å². The van der Waals surface area contributed by atoms with Crippen molar-refractivity contribution >= 4 is 28.9 Å². The summed E-state index contributed by atoms with van der Waals surface area (Å²) in [6.45, 7) is 0.716. The zero-order valence-corrected chi connectivity index (χ0v) is 21.1. The quantitative estimate of drug-likeness (QED) is 0.178. The molecule has 38 heavy (non-hydrogen) atoms. The number of benzene rings is 2. The summed E-state index contributed by atoms with van der Waals surface area (Å²) in [5.74, 6) is -1.25. The van der Waals surface area contributed by atoms with Crippen molar-refractivity contribution in [3.8, 4) is 0 Å². The fourth-order valence-electron chi connectivity index (χ4n) is 5.10. The molecule has 3 atom stereocenters. The number of nitrogens with two attached hydrogens (primary N) is 1. The Bertz CT molecular complexity index is 1280. The van der Waals surface area contributed by atoms with E-state index in [0.717, 1.165) is 22.2 Å². The molecule has 0 saturated heterocycles. The molecule has 10 heteroatoms. The summed E-state index contributed by atoms with van der Waals surface area (Å²) in [5.41, 5.74) is 8.99. The molecule has 0 saturated carbocycles. The van der Waals surface area contributed by atoms with Crippen LogP contribution in [0.1, 0.15) is 47.3 Å². The molecular weight excluding hydrogens is 488 g/mol. The first-order valence-corrected chi connectivity index (χ1v) is 12.9. The zero-order valence-electron chi connectivity index (χ0n) is 21.1. The first-order chi connectivity index (χ1) is 18.4. The summed E-state index contributed by atoms with van der Waals surface area (Å²) in [6, 6.07) is 15.5. The number of unbranched alkanes of at least 4 members (excludes halogenated alkanes) is 1. The van der Waals surface area contributed by atoms with E-state index < -0.39 is 30.4 Å². The number of hydrogen-bond donors (Lipinski definition) is 5. The van der Waals surface area contributed by atoms with Crippen LogP contribution in [-0.2, 0) is 28.9 Å². The first kappa shape index (κ1) is 27.3. The van der Waals surface area contributed by atoms with Gasteiger partial charge in [0.2, 0.25) is 5.91 Å². The zero-order chi connectivity index (χ0) is 27.1. The molecule has 0 fully saturated rings. The number of hydrogen-bond acceptors (Lipinski definition) is 7. The van der Waals surface area contributed by atoms with Crippen LogP contribution in [0.15, 0.2) is 54.6 Å². The van der Waals surface area contributed by atoms with Crippen LogP contribution in [-0.4, -0.2) is 57.7 Å². The van der Waals surface area contributed by atoms with E-state index in [1.165, 1.54) is 0 Å². The maximum absolute atomic E-state index is 14.1. The molecular formula is C28H34N4O6. The highest BCUT2D eigenvalue weighted by Crippen LogP contribution is 2.31. The Balaban J connectivity index is 1.63. The minimum Gasteiger partial charge on any atom is -0.480 e. The highest BCUT2D eigenvalue weighted by Gasteiger charge is 2.33. The number of fused-ring (bicyclic) bond motifs is 3. The lowest BCUT2D eigenvalue weighted by Gasteiger charge is -2.27. The van der Waals surface area contributed by atoms with Gasteiger partial charge in [-0.15, -0.1) is 0 Å². The number of carbonyl (C=O) groups is 3. The van der Waals surface area contributed by atoms with Crippen molar-refractivity contribution in [3.05, 3.63) is 71.4 Å². The van der Waals surface area contributed by atoms with Crippen LogP contribution in [0.3, 0.4) is 0 Å². The second-order valence-electron chi connectivity index (χ2n) is 9.49. The van der Waals surface area contributed by atoms with Crippen LogP contribution in [0.2, 0.25) is 0 Å².